The summed E-state index contributed by atoms with van der Waals surface area (Å²) < 4.78 is 25.4. The molecule has 0 fully saturated rings. The van der Waals surface area contributed by atoms with Gasteiger partial charge in [-0.2, -0.15) is 0 Å². The monoisotopic (exact) mass is 342 g/mol. The maximum atomic E-state index is 11.7. The van der Waals surface area contributed by atoms with Gasteiger partial charge in [0.1, 0.15) is 0 Å². The van der Waals surface area contributed by atoms with Crippen molar-refractivity contribution in [1.29, 1.82) is 0 Å². The number of hydrogen-bond donors (Lipinski definition) is 0. The van der Waals surface area contributed by atoms with E-state index in [0.717, 1.165) is 28.4 Å². The quantitative estimate of drug-likeness (QED) is 0.630. The van der Waals surface area contributed by atoms with Crippen LogP contribution in [0.2, 0.25) is 0 Å². The Kier molecular flexibility index (Phi) is 2.41. The highest BCUT2D eigenvalue weighted by atomic mass is 35.7. The summed E-state index contributed by atoms with van der Waals surface area (Å²) in [6.45, 7) is 0. The molecule has 0 aliphatic carbocycles. The summed E-state index contributed by atoms with van der Waals surface area (Å²) in [6, 6.07) is 7.12. The Morgan fingerprint density at radius 1 is 1.13 bits per heavy atom. The van der Waals surface area contributed by atoms with E-state index in [-0.39, 0.29) is 4.90 Å². The molecule has 3 aromatic rings. The molecular formula is C17H11ClN2O2S. The molecule has 0 saturated heterocycles. The van der Waals surface area contributed by atoms with Gasteiger partial charge >= 0.3 is 0 Å². The van der Waals surface area contributed by atoms with Gasteiger partial charge in [0.25, 0.3) is 9.05 Å². The molecule has 0 unspecified atom stereocenters. The third kappa shape index (κ3) is 1.69. The lowest BCUT2D eigenvalue weighted by atomic mass is 10.0. The summed E-state index contributed by atoms with van der Waals surface area (Å²) in [4.78, 5) is 2.23. The highest BCUT2D eigenvalue weighted by Crippen LogP contribution is 2.41. The van der Waals surface area contributed by atoms with Crippen LogP contribution in [0.4, 0.5) is 5.69 Å². The Bertz CT molecular complexity index is 1170. The lowest BCUT2D eigenvalue weighted by Crippen LogP contribution is -2.16. The molecule has 114 valence electrons. The fourth-order valence-electron chi connectivity index (χ4n) is 3.53. The number of fused-ring (bicyclic) bond motifs is 3. The van der Waals surface area contributed by atoms with Crippen molar-refractivity contribution < 1.29 is 8.42 Å². The second-order valence-electron chi connectivity index (χ2n) is 5.75. The standard InChI is InChI=1S/C17H11ClN2O2S/c18-23(21,22)12-3-4-13-14-6-8-19-7-1-2-11-5-9-20(15(13)10-12)17(14)16(11)19/h1,3-10H,2H2. The van der Waals surface area contributed by atoms with Gasteiger partial charge in [0.05, 0.1) is 21.6 Å². The van der Waals surface area contributed by atoms with Crippen LogP contribution in [0.3, 0.4) is 0 Å². The molecule has 4 nitrogen and oxygen atoms in total. The molecule has 1 aromatic carbocycles. The Hall–Kier alpha value is -2.24. The molecule has 0 N–H and O–H groups in total. The molecular weight excluding hydrogens is 332 g/mol. The van der Waals surface area contributed by atoms with Crippen molar-refractivity contribution in [3.05, 3.63) is 60.1 Å². The van der Waals surface area contributed by atoms with Crippen LogP contribution in [0.25, 0.3) is 22.5 Å². The SMILES string of the molecule is O=S(=O)(Cl)c1ccc2c3c4c5c(ccn4c2c1)CC=CN5C=C3. The van der Waals surface area contributed by atoms with E-state index in [0.29, 0.717) is 0 Å². The van der Waals surface area contributed by atoms with Crippen LogP contribution in [-0.4, -0.2) is 12.8 Å². The number of aromatic nitrogens is 1. The largest absolute Gasteiger partial charge is 0.322 e. The molecule has 23 heavy (non-hydrogen) atoms. The molecule has 0 saturated carbocycles. The second-order valence-corrected chi connectivity index (χ2v) is 8.32. The van der Waals surface area contributed by atoms with Crippen molar-refractivity contribution >= 4 is 47.9 Å². The predicted octanol–water partition coefficient (Wildman–Crippen LogP) is 3.88. The van der Waals surface area contributed by atoms with Crippen molar-refractivity contribution in [1.82, 2.24) is 4.40 Å². The minimum Gasteiger partial charge on any atom is -0.322 e. The fraction of sp³-hybridized carbons (Fsp3) is 0.0588. The van der Waals surface area contributed by atoms with Crippen LogP contribution in [-0.2, 0) is 15.5 Å². The minimum absolute atomic E-state index is 0.121. The highest BCUT2D eigenvalue weighted by molar-refractivity contribution is 8.13. The fourth-order valence-corrected chi connectivity index (χ4v) is 4.30. The third-order valence-corrected chi connectivity index (χ3v) is 5.87. The van der Waals surface area contributed by atoms with Gasteiger partial charge < -0.3 is 9.30 Å². The lowest BCUT2D eigenvalue weighted by Gasteiger charge is -2.27. The average molecular weight is 343 g/mol. The molecule has 0 radical (unpaired) electrons. The molecule has 4 heterocycles. The summed E-state index contributed by atoms with van der Waals surface area (Å²) in [6.07, 6.45) is 11.2. The third-order valence-electron chi connectivity index (χ3n) is 4.51. The van der Waals surface area contributed by atoms with Crippen molar-refractivity contribution in [2.75, 3.05) is 4.90 Å². The first-order valence-electron chi connectivity index (χ1n) is 7.21. The lowest BCUT2D eigenvalue weighted by molar-refractivity contribution is 0.609. The molecule has 0 spiro atoms. The topological polar surface area (TPSA) is 41.8 Å². The van der Waals surface area contributed by atoms with Crippen LogP contribution in [0, 0.1) is 0 Å². The Labute approximate surface area is 137 Å². The number of halogens is 1. The van der Waals surface area contributed by atoms with E-state index in [9.17, 15) is 8.42 Å². The van der Waals surface area contributed by atoms with Gasteiger partial charge in [-0.25, -0.2) is 8.42 Å². The van der Waals surface area contributed by atoms with Crippen LogP contribution < -0.4 is 4.90 Å². The molecule has 0 bridgehead atoms. The van der Waals surface area contributed by atoms with E-state index in [1.54, 1.807) is 12.1 Å². The molecule has 2 aromatic heterocycles. The minimum atomic E-state index is -3.75. The molecule has 6 heteroatoms. The van der Waals surface area contributed by atoms with Crippen molar-refractivity contribution in [3.8, 4) is 0 Å². The predicted molar refractivity (Wildman–Crippen MR) is 92.3 cm³/mol. The number of anilines is 1. The van der Waals surface area contributed by atoms with Crippen LogP contribution in [0.1, 0.15) is 11.1 Å². The Morgan fingerprint density at radius 3 is 2.83 bits per heavy atom. The van der Waals surface area contributed by atoms with Gasteiger partial charge in [0.2, 0.25) is 0 Å². The van der Waals surface area contributed by atoms with E-state index in [1.807, 2.05) is 22.9 Å². The number of benzene rings is 1. The van der Waals surface area contributed by atoms with E-state index in [1.165, 1.54) is 11.3 Å². The smallest absolute Gasteiger partial charge is 0.261 e. The first kappa shape index (κ1) is 13.2. The first-order chi connectivity index (χ1) is 11.0. The van der Waals surface area contributed by atoms with Crippen molar-refractivity contribution in [2.45, 2.75) is 11.3 Å². The summed E-state index contributed by atoms with van der Waals surface area (Å²) in [5.74, 6) is 0. The van der Waals surface area contributed by atoms with E-state index in [4.69, 9.17) is 10.7 Å². The normalized spacial score (nSPS) is 15.8. The maximum absolute atomic E-state index is 11.7. The zero-order chi connectivity index (χ0) is 15.8. The van der Waals surface area contributed by atoms with E-state index >= 15 is 0 Å². The number of rotatable bonds is 1. The van der Waals surface area contributed by atoms with E-state index in [2.05, 4.69) is 29.3 Å². The van der Waals surface area contributed by atoms with Crippen molar-refractivity contribution in [3.63, 3.8) is 0 Å². The molecule has 2 aliphatic heterocycles. The zero-order valence-corrected chi connectivity index (χ0v) is 13.5. The van der Waals surface area contributed by atoms with Gasteiger partial charge in [0, 0.05) is 40.2 Å². The zero-order valence-electron chi connectivity index (χ0n) is 11.9. The van der Waals surface area contributed by atoms with Gasteiger partial charge in [-0.15, -0.1) is 0 Å². The summed E-state index contributed by atoms with van der Waals surface area (Å²) in [5, 5.41) is 1.02. The van der Waals surface area contributed by atoms with Crippen molar-refractivity contribution in [2.24, 2.45) is 0 Å². The molecule has 2 aliphatic rings. The summed E-state index contributed by atoms with van der Waals surface area (Å²) in [7, 11) is 1.76. The number of allylic oxidation sites excluding steroid dienone is 1. The van der Waals surface area contributed by atoms with Gasteiger partial charge in [0.15, 0.2) is 0 Å². The maximum Gasteiger partial charge on any atom is 0.261 e. The molecule has 0 atom stereocenters. The molecule has 0 amide bonds. The number of nitrogens with zero attached hydrogens (tertiary/aromatic N) is 2. The Morgan fingerprint density at radius 2 is 2.00 bits per heavy atom. The second kappa shape index (κ2) is 4.19. The summed E-state index contributed by atoms with van der Waals surface area (Å²) in [5.41, 5.74) is 5.49. The highest BCUT2D eigenvalue weighted by Gasteiger charge is 2.24. The van der Waals surface area contributed by atoms with Crippen LogP contribution >= 0.6 is 10.7 Å². The van der Waals surface area contributed by atoms with Gasteiger partial charge in [-0.05, 0) is 36.3 Å². The Balaban J connectivity index is 1.98. The summed E-state index contributed by atoms with van der Waals surface area (Å²) >= 11 is 0. The van der Waals surface area contributed by atoms with Gasteiger partial charge in [-0.1, -0.05) is 12.1 Å². The van der Waals surface area contributed by atoms with Crippen LogP contribution in [0.15, 0.2) is 53.8 Å². The number of pyridine rings is 1. The average Bonchev–Trinajstić information content (AvgIpc) is 2.87. The van der Waals surface area contributed by atoms with E-state index < -0.39 is 9.05 Å². The van der Waals surface area contributed by atoms with Crippen LogP contribution in [0.5, 0.6) is 0 Å². The molecule has 5 rings (SSSR count). The number of hydrogen-bond acceptors (Lipinski definition) is 3. The van der Waals surface area contributed by atoms with Gasteiger partial charge in [-0.3, -0.25) is 0 Å². The first-order valence-corrected chi connectivity index (χ1v) is 9.52.